The maximum absolute atomic E-state index is 11.2. The van der Waals surface area contributed by atoms with Crippen molar-refractivity contribution in [3.8, 4) is 0 Å². The standard InChI is InChI=1S/C9H15BrN4O/c1-9(2,3-11)4-12-7-6(10)8(15)14-5-13-7/h5H,3-4,11H2,1-2H3,(H2,12,13,14,15). The topological polar surface area (TPSA) is 83.8 Å². The van der Waals surface area contributed by atoms with E-state index < -0.39 is 0 Å². The minimum atomic E-state index is -0.196. The van der Waals surface area contributed by atoms with Gasteiger partial charge in [0.1, 0.15) is 10.3 Å². The zero-order valence-electron chi connectivity index (χ0n) is 8.80. The zero-order valence-corrected chi connectivity index (χ0v) is 10.4. The van der Waals surface area contributed by atoms with Crippen molar-refractivity contribution in [2.24, 2.45) is 11.1 Å². The number of hydrogen-bond acceptors (Lipinski definition) is 4. The van der Waals surface area contributed by atoms with Crippen LogP contribution in [-0.2, 0) is 0 Å². The Morgan fingerprint density at radius 3 is 2.93 bits per heavy atom. The molecule has 84 valence electrons. The van der Waals surface area contributed by atoms with Crippen molar-refractivity contribution in [2.75, 3.05) is 18.4 Å². The van der Waals surface area contributed by atoms with Crippen LogP contribution in [0.25, 0.3) is 0 Å². The van der Waals surface area contributed by atoms with Crippen LogP contribution in [0.2, 0.25) is 0 Å². The highest BCUT2D eigenvalue weighted by Gasteiger charge is 2.16. The number of nitrogens with one attached hydrogen (secondary N) is 2. The van der Waals surface area contributed by atoms with E-state index in [-0.39, 0.29) is 11.0 Å². The van der Waals surface area contributed by atoms with Crippen LogP contribution in [0, 0.1) is 5.41 Å². The monoisotopic (exact) mass is 274 g/mol. The molecule has 5 nitrogen and oxygen atoms in total. The summed E-state index contributed by atoms with van der Waals surface area (Å²) in [5, 5.41) is 3.09. The van der Waals surface area contributed by atoms with Gasteiger partial charge in [-0.05, 0) is 27.9 Å². The molecule has 0 atom stereocenters. The number of nitrogens with zero attached hydrogens (tertiary/aromatic N) is 1. The van der Waals surface area contributed by atoms with E-state index in [1.54, 1.807) is 0 Å². The molecule has 0 radical (unpaired) electrons. The lowest BCUT2D eigenvalue weighted by Gasteiger charge is -2.22. The van der Waals surface area contributed by atoms with Crippen molar-refractivity contribution >= 4 is 21.7 Å². The summed E-state index contributed by atoms with van der Waals surface area (Å²) < 4.78 is 0.415. The molecule has 6 heteroatoms. The first kappa shape index (κ1) is 12.2. The van der Waals surface area contributed by atoms with Crippen molar-refractivity contribution in [3.63, 3.8) is 0 Å². The second-order valence-electron chi connectivity index (χ2n) is 4.12. The molecule has 0 amide bonds. The Hall–Kier alpha value is -0.880. The van der Waals surface area contributed by atoms with Gasteiger partial charge >= 0.3 is 0 Å². The van der Waals surface area contributed by atoms with Gasteiger partial charge in [-0.2, -0.15) is 0 Å². The third-order valence-electron chi connectivity index (χ3n) is 2.08. The number of halogens is 1. The van der Waals surface area contributed by atoms with Crippen LogP contribution >= 0.6 is 15.9 Å². The molecule has 0 aromatic carbocycles. The highest BCUT2D eigenvalue weighted by atomic mass is 79.9. The number of hydrogen-bond donors (Lipinski definition) is 3. The maximum atomic E-state index is 11.2. The van der Waals surface area contributed by atoms with Crippen molar-refractivity contribution in [1.29, 1.82) is 0 Å². The zero-order chi connectivity index (χ0) is 11.5. The number of nitrogens with two attached hydrogens (primary N) is 1. The molecule has 0 bridgehead atoms. The molecule has 4 N–H and O–H groups in total. The third-order valence-corrected chi connectivity index (χ3v) is 2.82. The van der Waals surface area contributed by atoms with Crippen LogP contribution in [0.15, 0.2) is 15.6 Å². The molecule has 15 heavy (non-hydrogen) atoms. The molecule has 1 aromatic rings. The fraction of sp³-hybridized carbons (Fsp3) is 0.556. The van der Waals surface area contributed by atoms with E-state index in [0.717, 1.165) is 0 Å². The second-order valence-corrected chi connectivity index (χ2v) is 4.91. The Morgan fingerprint density at radius 1 is 1.67 bits per heavy atom. The van der Waals surface area contributed by atoms with E-state index in [1.165, 1.54) is 6.33 Å². The molecule has 1 heterocycles. The van der Waals surface area contributed by atoms with E-state index in [2.05, 4.69) is 31.2 Å². The number of anilines is 1. The van der Waals surface area contributed by atoms with Gasteiger partial charge in [-0.3, -0.25) is 4.79 Å². The minimum absolute atomic E-state index is 0.0241. The number of aromatic nitrogens is 2. The van der Waals surface area contributed by atoms with Crippen LogP contribution < -0.4 is 16.6 Å². The summed E-state index contributed by atoms with van der Waals surface area (Å²) >= 11 is 3.17. The average Bonchev–Trinajstić information content (AvgIpc) is 2.20. The van der Waals surface area contributed by atoms with Crippen LogP contribution in [0.3, 0.4) is 0 Å². The Balaban J connectivity index is 2.74. The molecule has 0 aliphatic rings. The summed E-state index contributed by atoms with van der Waals surface area (Å²) in [6, 6.07) is 0. The van der Waals surface area contributed by atoms with Gasteiger partial charge in [-0.1, -0.05) is 13.8 Å². The molecule has 0 aliphatic heterocycles. The van der Waals surface area contributed by atoms with E-state index >= 15 is 0 Å². The van der Waals surface area contributed by atoms with Crippen molar-refractivity contribution in [1.82, 2.24) is 9.97 Å². The summed E-state index contributed by atoms with van der Waals surface area (Å²) in [6.07, 6.45) is 1.37. The van der Waals surface area contributed by atoms with Crippen molar-refractivity contribution in [2.45, 2.75) is 13.8 Å². The molecule has 0 unspecified atom stereocenters. The Kier molecular flexibility index (Phi) is 3.87. The largest absolute Gasteiger partial charge is 0.368 e. The van der Waals surface area contributed by atoms with Crippen LogP contribution in [-0.4, -0.2) is 23.1 Å². The first-order valence-corrected chi connectivity index (χ1v) is 5.43. The van der Waals surface area contributed by atoms with Gasteiger partial charge in [-0.25, -0.2) is 4.98 Å². The number of rotatable bonds is 4. The highest BCUT2D eigenvalue weighted by Crippen LogP contribution is 2.17. The van der Waals surface area contributed by atoms with Crippen LogP contribution in [0.1, 0.15) is 13.8 Å². The molecule has 0 spiro atoms. The average molecular weight is 275 g/mol. The van der Waals surface area contributed by atoms with Gasteiger partial charge in [0.15, 0.2) is 0 Å². The Bertz CT molecular complexity index is 388. The number of H-pyrrole nitrogens is 1. The lowest BCUT2D eigenvalue weighted by molar-refractivity contribution is 0.405. The van der Waals surface area contributed by atoms with Gasteiger partial charge in [0.05, 0.1) is 6.33 Å². The lowest BCUT2D eigenvalue weighted by Crippen LogP contribution is -2.32. The fourth-order valence-corrected chi connectivity index (χ4v) is 1.26. The first-order valence-electron chi connectivity index (χ1n) is 4.63. The molecular weight excluding hydrogens is 260 g/mol. The number of aromatic amines is 1. The van der Waals surface area contributed by atoms with E-state index in [9.17, 15) is 4.79 Å². The molecule has 0 fully saturated rings. The summed E-state index contributed by atoms with van der Waals surface area (Å²) in [5.41, 5.74) is 5.38. The van der Waals surface area contributed by atoms with E-state index in [0.29, 0.717) is 23.4 Å². The molecule has 1 rings (SSSR count). The van der Waals surface area contributed by atoms with Gasteiger partial charge in [0.2, 0.25) is 0 Å². The van der Waals surface area contributed by atoms with E-state index in [4.69, 9.17) is 5.73 Å². The van der Waals surface area contributed by atoms with Crippen LogP contribution in [0.4, 0.5) is 5.82 Å². The van der Waals surface area contributed by atoms with Crippen molar-refractivity contribution in [3.05, 3.63) is 21.2 Å². The van der Waals surface area contributed by atoms with Gasteiger partial charge in [0, 0.05) is 6.54 Å². The van der Waals surface area contributed by atoms with Crippen molar-refractivity contribution < 1.29 is 0 Å². The molecule has 0 saturated heterocycles. The summed E-state index contributed by atoms with van der Waals surface area (Å²) in [5.74, 6) is 0.542. The second kappa shape index (κ2) is 4.76. The quantitative estimate of drug-likeness (QED) is 0.763. The van der Waals surface area contributed by atoms with Crippen LogP contribution in [0.5, 0.6) is 0 Å². The van der Waals surface area contributed by atoms with E-state index in [1.807, 2.05) is 13.8 Å². The summed E-state index contributed by atoms with van der Waals surface area (Å²) in [4.78, 5) is 17.7. The fourth-order valence-electron chi connectivity index (χ4n) is 0.901. The maximum Gasteiger partial charge on any atom is 0.267 e. The third kappa shape index (κ3) is 3.32. The molecular formula is C9H15BrN4O. The predicted octanol–water partition coefficient (Wildman–Crippen LogP) is 0.929. The smallest absolute Gasteiger partial charge is 0.267 e. The first-order chi connectivity index (χ1) is 6.96. The van der Waals surface area contributed by atoms with Gasteiger partial charge in [-0.15, -0.1) is 0 Å². The normalized spacial score (nSPS) is 11.5. The summed E-state index contributed by atoms with van der Waals surface area (Å²) in [6.45, 7) is 5.32. The van der Waals surface area contributed by atoms with Gasteiger partial charge in [0.25, 0.3) is 5.56 Å². The minimum Gasteiger partial charge on any atom is -0.368 e. The molecule has 0 saturated carbocycles. The molecule has 1 aromatic heterocycles. The lowest BCUT2D eigenvalue weighted by atomic mass is 9.94. The van der Waals surface area contributed by atoms with Gasteiger partial charge < -0.3 is 16.0 Å². The summed E-state index contributed by atoms with van der Waals surface area (Å²) in [7, 11) is 0. The predicted molar refractivity (Wildman–Crippen MR) is 63.9 cm³/mol. The SMILES string of the molecule is CC(C)(CN)CNc1nc[nH]c(=O)c1Br. The highest BCUT2D eigenvalue weighted by molar-refractivity contribution is 9.10. The Labute approximate surface area is 96.6 Å². The molecule has 0 aliphatic carbocycles. The Morgan fingerprint density at radius 2 is 2.33 bits per heavy atom.